The van der Waals surface area contributed by atoms with Crippen molar-refractivity contribution in [3.63, 3.8) is 0 Å². The molecular weight excluding hydrogens is 110 g/mol. The summed E-state index contributed by atoms with van der Waals surface area (Å²) >= 11 is 0. The van der Waals surface area contributed by atoms with Crippen LogP contribution in [0.1, 0.15) is 32.6 Å². The molecule has 0 saturated heterocycles. The fourth-order valence-electron chi connectivity index (χ4n) is 1.60. The van der Waals surface area contributed by atoms with Gasteiger partial charge in [0.15, 0.2) is 0 Å². The summed E-state index contributed by atoms with van der Waals surface area (Å²) in [5.74, 6) is 0.707. The predicted octanol–water partition coefficient (Wildman–Crippen LogP) is 1.73. The van der Waals surface area contributed by atoms with E-state index in [2.05, 4.69) is 13.3 Å². The molecule has 0 bridgehead atoms. The minimum absolute atomic E-state index is 0.462. The standard InChI is InChI=1S/C8H16N/c1-2-7-5-3-4-6-8(7)9/h2,7-8H,3-6,9H2,1H3/q+1. The predicted molar refractivity (Wildman–Crippen MR) is 39.9 cm³/mol. The number of hydrogen-bond acceptors (Lipinski definition) is 1. The third-order valence-electron chi connectivity index (χ3n) is 2.30. The van der Waals surface area contributed by atoms with E-state index in [1.807, 2.05) is 0 Å². The summed E-state index contributed by atoms with van der Waals surface area (Å²) in [6.45, 7) is 2.12. The zero-order valence-electron chi connectivity index (χ0n) is 6.14. The largest absolute Gasteiger partial charge is 0.324 e. The highest BCUT2D eigenvalue weighted by molar-refractivity contribution is 4.84. The average Bonchev–Trinajstić information content (AvgIpc) is 1.89. The fraction of sp³-hybridized carbons (Fsp3) is 0.875. The lowest BCUT2D eigenvalue weighted by Gasteiger charge is -2.21. The van der Waals surface area contributed by atoms with Crippen molar-refractivity contribution in [1.29, 1.82) is 0 Å². The van der Waals surface area contributed by atoms with Gasteiger partial charge in [-0.15, -0.1) is 0 Å². The highest BCUT2D eigenvalue weighted by Gasteiger charge is 2.25. The Hall–Kier alpha value is -0.170. The van der Waals surface area contributed by atoms with Crippen LogP contribution in [0.4, 0.5) is 0 Å². The first-order chi connectivity index (χ1) is 4.34. The first kappa shape index (κ1) is 6.94. The Balaban J connectivity index is 2.30. The van der Waals surface area contributed by atoms with Crippen molar-refractivity contribution in [1.82, 2.24) is 0 Å². The topological polar surface area (TPSA) is 26.0 Å². The van der Waals surface area contributed by atoms with Crippen LogP contribution in [0.5, 0.6) is 0 Å². The van der Waals surface area contributed by atoms with Crippen LogP contribution in [0.15, 0.2) is 0 Å². The monoisotopic (exact) mass is 126 g/mol. The molecule has 0 amide bonds. The lowest BCUT2D eigenvalue weighted by Crippen LogP contribution is -2.32. The fourth-order valence-corrected chi connectivity index (χ4v) is 1.60. The Morgan fingerprint density at radius 1 is 1.33 bits per heavy atom. The van der Waals surface area contributed by atoms with Gasteiger partial charge in [0.2, 0.25) is 0 Å². The van der Waals surface area contributed by atoms with Gasteiger partial charge in [0.05, 0.1) is 13.3 Å². The van der Waals surface area contributed by atoms with Gasteiger partial charge in [-0.05, 0) is 19.3 Å². The van der Waals surface area contributed by atoms with Crippen molar-refractivity contribution in [3.8, 4) is 0 Å². The molecule has 0 aromatic carbocycles. The van der Waals surface area contributed by atoms with Crippen molar-refractivity contribution in [2.24, 2.45) is 11.7 Å². The van der Waals surface area contributed by atoms with Crippen LogP contribution in [0, 0.1) is 12.3 Å². The molecule has 1 aliphatic rings. The van der Waals surface area contributed by atoms with E-state index in [1.165, 1.54) is 25.7 Å². The molecule has 1 heteroatoms. The zero-order chi connectivity index (χ0) is 6.69. The zero-order valence-corrected chi connectivity index (χ0v) is 6.14. The minimum Gasteiger partial charge on any atom is -0.324 e. The molecule has 2 N–H and O–H groups in total. The van der Waals surface area contributed by atoms with E-state index in [9.17, 15) is 0 Å². The molecule has 1 fully saturated rings. The first-order valence-corrected chi connectivity index (χ1v) is 3.89. The van der Waals surface area contributed by atoms with Gasteiger partial charge in [-0.3, -0.25) is 0 Å². The molecule has 9 heavy (non-hydrogen) atoms. The highest BCUT2D eigenvalue weighted by Crippen LogP contribution is 2.24. The van der Waals surface area contributed by atoms with E-state index in [0.717, 1.165) is 0 Å². The number of rotatable bonds is 1. The molecular formula is C8H16N+. The molecule has 0 radical (unpaired) electrons. The van der Waals surface area contributed by atoms with Gasteiger partial charge in [-0.25, -0.2) is 0 Å². The summed E-state index contributed by atoms with van der Waals surface area (Å²) in [4.78, 5) is 0. The van der Waals surface area contributed by atoms with Gasteiger partial charge in [0.25, 0.3) is 0 Å². The molecule has 0 aromatic rings. The minimum atomic E-state index is 0.462. The lowest BCUT2D eigenvalue weighted by atomic mass is 9.84. The maximum absolute atomic E-state index is 5.86. The number of nitrogens with two attached hydrogens (primary N) is 1. The quantitative estimate of drug-likeness (QED) is 0.532. The Bertz CT molecular complexity index is 80.6. The Kier molecular flexibility index (Phi) is 2.40. The second-order valence-electron chi connectivity index (χ2n) is 2.95. The van der Waals surface area contributed by atoms with Crippen molar-refractivity contribution in [2.45, 2.75) is 38.6 Å². The molecule has 2 unspecified atom stereocenters. The normalized spacial score (nSPS) is 36.2. The third kappa shape index (κ3) is 1.62. The smallest absolute Gasteiger partial charge is 0.112 e. The van der Waals surface area contributed by atoms with Gasteiger partial charge >= 0.3 is 0 Å². The molecule has 1 nitrogen and oxygen atoms in total. The van der Waals surface area contributed by atoms with Crippen LogP contribution in [0.3, 0.4) is 0 Å². The van der Waals surface area contributed by atoms with Crippen molar-refractivity contribution >= 4 is 0 Å². The maximum atomic E-state index is 5.86. The molecule has 1 aliphatic carbocycles. The van der Waals surface area contributed by atoms with Crippen LogP contribution in [0.2, 0.25) is 0 Å². The third-order valence-corrected chi connectivity index (χ3v) is 2.30. The molecule has 0 aliphatic heterocycles. The van der Waals surface area contributed by atoms with Crippen LogP contribution in [-0.4, -0.2) is 6.04 Å². The summed E-state index contributed by atoms with van der Waals surface area (Å²) < 4.78 is 0. The van der Waals surface area contributed by atoms with Gasteiger partial charge in [-0.2, -0.15) is 0 Å². The Morgan fingerprint density at radius 2 is 2.00 bits per heavy atom. The Labute approximate surface area is 57.6 Å². The van der Waals surface area contributed by atoms with E-state index in [1.54, 1.807) is 0 Å². The summed E-state index contributed by atoms with van der Waals surface area (Å²) in [5.41, 5.74) is 5.86. The van der Waals surface area contributed by atoms with Crippen molar-refractivity contribution < 1.29 is 0 Å². The summed E-state index contributed by atoms with van der Waals surface area (Å²) in [5, 5.41) is 0. The molecule has 2 atom stereocenters. The lowest BCUT2D eigenvalue weighted by molar-refractivity contribution is 0.344. The van der Waals surface area contributed by atoms with Crippen LogP contribution >= 0.6 is 0 Å². The van der Waals surface area contributed by atoms with Crippen LogP contribution in [-0.2, 0) is 0 Å². The first-order valence-electron chi connectivity index (χ1n) is 3.89. The Morgan fingerprint density at radius 3 is 2.44 bits per heavy atom. The van der Waals surface area contributed by atoms with E-state index in [0.29, 0.717) is 12.0 Å². The van der Waals surface area contributed by atoms with Crippen molar-refractivity contribution in [2.75, 3.05) is 0 Å². The molecule has 52 valence electrons. The second kappa shape index (κ2) is 3.11. The van der Waals surface area contributed by atoms with E-state index in [4.69, 9.17) is 5.73 Å². The average molecular weight is 126 g/mol. The van der Waals surface area contributed by atoms with Gasteiger partial charge in [0.1, 0.15) is 5.92 Å². The van der Waals surface area contributed by atoms with Gasteiger partial charge in [0, 0.05) is 6.04 Å². The highest BCUT2D eigenvalue weighted by atomic mass is 14.7. The molecule has 0 aromatic heterocycles. The van der Waals surface area contributed by atoms with Crippen LogP contribution in [0.25, 0.3) is 0 Å². The number of hydrogen-bond donors (Lipinski definition) is 1. The van der Waals surface area contributed by atoms with E-state index >= 15 is 0 Å². The maximum Gasteiger partial charge on any atom is 0.112 e. The summed E-state index contributed by atoms with van der Waals surface area (Å²) in [7, 11) is 0. The molecule has 1 rings (SSSR count). The second-order valence-corrected chi connectivity index (χ2v) is 2.95. The SMILES string of the molecule is C[CH+]C1CCCCC1N. The van der Waals surface area contributed by atoms with E-state index in [-0.39, 0.29) is 0 Å². The van der Waals surface area contributed by atoms with Crippen molar-refractivity contribution in [3.05, 3.63) is 6.42 Å². The van der Waals surface area contributed by atoms with Gasteiger partial charge in [-0.1, -0.05) is 6.42 Å². The van der Waals surface area contributed by atoms with Crippen LogP contribution < -0.4 is 5.73 Å². The van der Waals surface area contributed by atoms with Gasteiger partial charge < -0.3 is 5.73 Å². The molecule has 0 spiro atoms. The van der Waals surface area contributed by atoms with E-state index < -0.39 is 0 Å². The summed E-state index contributed by atoms with van der Waals surface area (Å²) in [6.07, 6.45) is 7.52. The molecule has 1 saturated carbocycles. The molecule has 0 heterocycles. The summed E-state index contributed by atoms with van der Waals surface area (Å²) in [6, 6.07) is 0.462.